The number of hydrogen-bond donors (Lipinski definition) is 2. The highest BCUT2D eigenvalue weighted by Gasteiger charge is 2.70. The molecular formula is C37H33Cl2N3O8. The maximum absolute atomic E-state index is 15.3. The number of anilines is 1. The van der Waals surface area contributed by atoms with E-state index in [1.165, 1.54) is 13.2 Å². The summed E-state index contributed by atoms with van der Waals surface area (Å²) in [4.78, 5) is 70.7. The van der Waals surface area contributed by atoms with E-state index >= 15 is 4.79 Å². The van der Waals surface area contributed by atoms with Gasteiger partial charge in [-0.3, -0.25) is 24.6 Å². The summed E-state index contributed by atoms with van der Waals surface area (Å²) in [6.45, 7) is 3.50. The first-order chi connectivity index (χ1) is 23.8. The average Bonchev–Trinajstić information content (AvgIpc) is 3.48. The van der Waals surface area contributed by atoms with Gasteiger partial charge in [0.05, 0.1) is 48.1 Å². The molecule has 6 unspecified atom stereocenters. The standard InChI is InChI=1S/C37H33Cl2N3O8/c1-17-13-19(14-18(2)31(17)43)30-23-10-11-24-29(34(46)41(32(24)44)36(48)50-4)25(23)16-26-33(45)42(40-28-12-7-21(38)15-27(28)39)35(47)37(26,30)20-5-8-22(49-3)9-6-20/h5-10,12-15,24-26,29-30,40,43H,11,16H2,1-4H3. The Kier molecular flexibility index (Phi) is 8.18. The number of hydrazine groups is 1. The van der Waals surface area contributed by atoms with Gasteiger partial charge in [0.1, 0.15) is 11.5 Å². The lowest BCUT2D eigenvalue weighted by molar-refractivity contribution is -0.140. The number of likely N-dealkylation sites (tertiary alicyclic amines) is 1. The van der Waals surface area contributed by atoms with E-state index in [0.717, 1.165) is 12.1 Å². The summed E-state index contributed by atoms with van der Waals surface area (Å²) in [5.74, 6) is -6.21. The van der Waals surface area contributed by atoms with Crippen LogP contribution in [0.5, 0.6) is 11.5 Å². The second kappa shape index (κ2) is 12.2. The minimum Gasteiger partial charge on any atom is -0.507 e. The second-order valence-corrected chi connectivity index (χ2v) is 14.0. The Bertz CT molecular complexity index is 2010. The highest BCUT2D eigenvalue weighted by Crippen LogP contribution is 2.64. The van der Waals surface area contributed by atoms with Crippen LogP contribution in [0.4, 0.5) is 10.5 Å². The van der Waals surface area contributed by atoms with Crippen molar-refractivity contribution in [2.45, 2.75) is 38.0 Å². The van der Waals surface area contributed by atoms with Gasteiger partial charge in [-0.25, -0.2) is 4.79 Å². The maximum atomic E-state index is 15.3. The zero-order valence-corrected chi connectivity index (χ0v) is 29.0. The number of aromatic hydroxyl groups is 1. The second-order valence-electron chi connectivity index (χ2n) is 13.2. The van der Waals surface area contributed by atoms with Gasteiger partial charge in [0.15, 0.2) is 0 Å². The number of allylic oxidation sites excluding steroid dienone is 2. The number of ether oxygens (including phenoxy) is 2. The zero-order chi connectivity index (χ0) is 35.8. The fourth-order valence-corrected chi connectivity index (χ4v) is 9.10. The van der Waals surface area contributed by atoms with Crippen molar-refractivity contribution in [3.05, 3.63) is 98.5 Å². The van der Waals surface area contributed by atoms with Crippen LogP contribution in [0.2, 0.25) is 10.0 Å². The number of nitrogens with zero attached hydrogens (tertiary/aromatic N) is 2. The molecule has 3 aromatic rings. The number of methoxy groups -OCH3 is 2. The number of fused-ring (bicyclic) bond motifs is 4. The molecule has 2 aliphatic carbocycles. The Balaban J connectivity index is 1.48. The number of imide groups is 4. The normalized spacial score (nSPS) is 27.1. The number of halogens is 2. The molecule has 0 bridgehead atoms. The smallest absolute Gasteiger partial charge is 0.423 e. The van der Waals surface area contributed by atoms with E-state index in [9.17, 15) is 24.3 Å². The van der Waals surface area contributed by atoms with Gasteiger partial charge < -0.3 is 14.6 Å². The van der Waals surface area contributed by atoms with Gasteiger partial charge in [0.2, 0.25) is 11.8 Å². The Hall–Kier alpha value is -4.87. The molecule has 11 nitrogen and oxygen atoms in total. The van der Waals surface area contributed by atoms with Gasteiger partial charge in [-0.1, -0.05) is 59.1 Å². The van der Waals surface area contributed by atoms with Crippen LogP contribution in [0.3, 0.4) is 0 Å². The van der Waals surface area contributed by atoms with Crippen LogP contribution in [0.1, 0.15) is 41.0 Å². The van der Waals surface area contributed by atoms with Crippen molar-refractivity contribution in [1.82, 2.24) is 9.91 Å². The first kappa shape index (κ1) is 33.6. The Morgan fingerprint density at radius 2 is 1.60 bits per heavy atom. The molecule has 2 saturated heterocycles. The topological polar surface area (TPSA) is 143 Å². The van der Waals surface area contributed by atoms with Crippen molar-refractivity contribution >= 4 is 58.6 Å². The van der Waals surface area contributed by atoms with Crippen LogP contribution in [-0.4, -0.2) is 59.0 Å². The van der Waals surface area contributed by atoms with Crippen molar-refractivity contribution in [2.75, 3.05) is 19.6 Å². The van der Waals surface area contributed by atoms with Gasteiger partial charge >= 0.3 is 6.09 Å². The van der Waals surface area contributed by atoms with Crippen molar-refractivity contribution in [2.24, 2.45) is 23.7 Å². The molecule has 0 radical (unpaired) electrons. The average molecular weight is 719 g/mol. The van der Waals surface area contributed by atoms with E-state index < -0.39 is 64.7 Å². The van der Waals surface area contributed by atoms with Crippen molar-refractivity contribution in [1.29, 1.82) is 0 Å². The number of hydrogen-bond acceptors (Lipinski definition) is 9. The van der Waals surface area contributed by atoms with Gasteiger partial charge in [0.25, 0.3) is 11.8 Å². The van der Waals surface area contributed by atoms with Gasteiger partial charge in [-0.2, -0.15) is 9.91 Å². The van der Waals surface area contributed by atoms with Crippen molar-refractivity contribution in [3.8, 4) is 11.5 Å². The maximum Gasteiger partial charge on any atom is 0.423 e. The fraction of sp³-hybridized carbons (Fsp3) is 0.324. The Morgan fingerprint density at radius 3 is 2.22 bits per heavy atom. The molecule has 2 heterocycles. The quantitative estimate of drug-likeness (QED) is 0.237. The number of amides is 5. The van der Waals surface area contributed by atoms with E-state index in [1.807, 2.05) is 6.08 Å². The van der Waals surface area contributed by atoms with E-state index in [1.54, 1.807) is 62.4 Å². The van der Waals surface area contributed by atoms with Crippen LogP contribution in [0.25, 0.3) is 0 Å². The van der Waals surface area contributed by atoms with E-state index in [2.05, 4.69) is 5.43 Å². The summed E-state index contributed by atoms with van der Waals surface area (Å²) >= 11 is 12.6. The molecule has 3 aromatic carbocycles. The monoisotopic (exact) mass is 717 g/mol. The lowest BCUT2D eigenvalue weighted by atomic mass is 9.49. The third-order valence-electron chi connectivity index (χ3n) is 10.8. The number of rotatable bonds is 5. The molecule has 2 aliphatic heterocycles. The van der Waals surface area contributed by atoms with E-state index in [0.29, 0.717) is 43.5 Å². The first-order valence-corrected chi connectivity index (χ1v) is 16.8. The molecule has 50 heavy (non-hydrogen) atoms. The van der Waals surface area contributed by atoms with Crippen LogP contribution in [0.15, 0.2) is 66.2 Å². The van der Waals surface area contributed by atoms with Crippen LogP contribution < -0.4 is 10.2 Å². The summed E-state index contributed by atoms with van der Waals surface area (Å²) in [6.07, 6.45) is 0.972. The molecule has 3 fully saturated rings. The number of aryl methyl sites for hydroxylation is 2. The number of carbonyl (C=O) groups excluding carboxylic acids is 5. The highest BCUT2D eigenvalue weighted by atomic mass is 35.5. The summed E-state index contributed by atoms with van der Waals surface area (Å²) in [6, 6.07) is 15.2. The molecule has 1 saturated carbocycles. The molecule has 258 valence electrons. The molecule has 7 rings (SSSR count). The van der Waals surface area contributed by atoms with Crippen LogP contribution >= 0.6 is 23.2 Å². The SMILES string of the molecule is COC(=O)N1C(=O)C2CC=C3C(CC4C(=O)N(Nc5ccc(Cl)cc5Cl)C(=O)C4(c4ccc(OC)cc4)C3c3cc(C)c(O)c(C)c3)C2C1=O. The molecule has 2 N–H and O–H groups in total. The van der Waals surface area contributed by atoms with Crippen molar-refractivity contribution < 1.29 is 38.6 Å². The summed E-state index contributed by atoms with van der Waals surface area (Å²) in [5.41, 5.74) is 4.66. The number of phenolic OH excluding ortho intramolecular Hbond substituents is 1. The lowest BCUT2D eigenvalue weighted by Crippen LogP contribution is -2.53. The molecule has 6 atom stereocenters. The van der Waals surface area contributed by atoms with Gasteiger partial charge in [-0.15, -0.1) is 0 Å². The molecule has 13 heteroatoms. The number of nitrogens with one attached hydrogen (secondary N) is 1. The number of benzene rings is 3. The minimum absolute atomic E-state index is 0.0245. The third-order valence-corrected chi connectivity index (χ3v) is 11.3. The molecule has 4 aliphatic rings. The molecule has 0 spiro atoms. The summed E-state index contributed by atoms with van der Waals surface area (Å²) in [7, 11) is 2.62. The number of phenols is 1. The van der Waals surface area contributed by atoms with E-state index in [-0.39, 0.29) is 29.3 Å². The highest BCUT2D eigenvalue weighted by molar-refractivity contribution is 6.36. The summed E-state index contributed by atoms with van der Waals surface area (Å²) in [5, 5.41) is 12.3. The molecule has 5 amide bonds. The molecular weight excluding hydrogens is 685 g/mol. The Morgan fingerprint density at radius 1 is 0.920 bits per heavy atom. The predicted molar refractivity (Wildman–Crippen MR) is 182 cm³/mol. The van der Waals surface area contributed by atoms with Crippen LogP contribution in [-0.2, 0) is 29.3 Å². The van der Waals surface area contributed by atoms with E-state index in [4.69, 9.17) is 32.7 Å². The molecule has 0 aromatic heterocycles. The predicted octanol–water partition coefficient (Wildman–Crippen LogP) is 6.08. The van der Waals surface area contributed by atoms with Gasteiger partial charge in [0, 0.05) is 10.9 Å². The summed E-state index contributed by atoms with van der Waals surface area (Å²) < 4.78 is 10.2. The zero-order valence-electron chi connectivity index (χ0n) is 27.5. The third kappa shape index (κ3) is 4.74. The van der Waals surface area contributed by atoms with Crippen LogP contribution in [0, 0.1) is 37.5 Å². The number of carbonyl (C=O) groups is 5. The fourth-order valence-electron chi connectivity index (χ4n) is 8.65. The largest absolute Gasteiger partial charge is 0.507 e. The lowest BCUT2D eigenvalue weighted by Gasteiger charge is -2.50. The van der Waals surface area contributed by atoms with Gasteiger partial charge in [-0.05, 0) is 85.2 Å². The van der Waals surface area contributed by atoms with Crippen molar-refractivity contribution in [3.63, 3.8) is 0 Å². The Labute approximate surface area is 297 Å². The minimum atomic E-state index is -1.56. The first-order valence-electron chi connectivity index (χ1n) is 16.1.